The van der Waals surface area contributed by atoms with Crippen molar-refractivity contribution < 1.29 is 13.3 Å². The van der Waals surface area contributed by atoms with Gasteiger partial charge in [0.2, 0.25) is 11.8 Å². The second-order valence-corrected chi connectivity index (χ2v) is 7.66. The Morgan fingerprint density at radius 3 is 2.40 bits per heavy atom. The maximum absolute atomic E-state index is 11.6. The Balaban J connectivity index is 3.14. The van der Waals surface area contributed by atoms with E-state index in [0.717, 1.165) is 6.26 Å². The summed E-state index contributed by atoms with van der Waals surface area (Å²) in [5, 5.41) is 13.7. The third kappa shape index (κ3) is 3.32. The van der Waals surface area contributed by atoms with E-state index in [4.69, 9.17) is 5.73 Å². The van der Waals surface area contributed by atoms with E-state index in [1.807, 2.05) is 0 Å². The number of nitrogens with two attached hydrogens (primary N) is 1. The lowest BCUT2D eigenvalue weighted by Gasteiger charge is -2.23. The van der Waals surface area contributed by atoms with Crippen molar-refractivity contribution in [1.29, 1.82) is 0 Å². The van der Waals surface area contributed by atoms with Gasteiger partial charge in [-0.25, -0.2) is 13.4 Å². The van der Waals surface area contributed by atoms with Gasteiger partial charge >= 0.3 is 5.69 Å². The molecule has 1 rings (SSSR count). The van der Waals surface area contributed by atoms with Crippen molar-refractivity contribution in [3.8, 4) is 0 Å². The summed E-state index contributed by atoms with van der Waals surface area (Å²) in [6, 6.07) is 0. The second kappa shape index (κ2) is 5.19. The third-order valence-corrected chi connectivity index (χ3v) is 5.10. The Morgan fingerprint density at radius 1 is 1.40 bits per heavy atom. The van der Waals surface area contributed by atoms with Crippen LogP contribution in [0, 0.1) is 17.0 Å². The molecule has 0 bridgehead atoms. The molecule has 9 nitrogen and oxygen atoms in total. The maximum atomic E-state index is 11.6. The van der Waals surface area contributed by atoms with Gasteiger partial charge in [-0.3, -0.25) is 10.1 Å². The van der Waals surface area contributed by atoms with E-state index in [9.17, 15) is 18.5 Å². The number of sulfone groups is 1. The van der Waals surface area contributed by atoms with Crippen molar-refractivity contribution in [2.45, 2.75) is 25.5 Å². The zero-order valence-electron chi connectivity index (χ0n) is 11.7. The zero-order chi connectivity index (χ0) is 15.7. The quantitative estimate of drug-likeness (QED) is 0.592. The van der Waals surface area contributed by atoms with Crippen LogP contribution in [0.4, 0.5) is 17.5 Å². The highest BCUT2D eigenvalue weighted by Crippen LogP contribution is 2.27. The Labute approximate surface area is 116 Å². The highest BCUT2D eigenvalue weighted by atomic mass is 32.2. The van der Waals surface area contributed by atoms with Crippen LogP contribution in [0.1, 0.15) is 19.5 Å². The first-order valence-corrected chi connectivity index (χ1v) is 7.57. The van der Waals surface area contributed by atoms with Gasteiger partial charge in [-0.15, -0.1) is 0 Å². The molecule has 0 aliphatic heterocycles. The normalized spacial score (nSPS) is 12.2. The molecule has 0 aromatic carbocycles. The number of nitrogens with zero attached hydrogens (tertiary/aromatic N) is 3. The molecule has 0 saturated heterocycles. The second-order valence-electron chi connectivity index (χ2n) is 5.01. The van der Waals surface area contributed by atoms with Crippen molar-refractivity contribution in [1.82, 2.24) is 9.97 Å². The van der Waals surface area contributed by atoms with Crippen LogP contribution >= 0.6 is 0 Å². The molecule has 20 heavy (non-hydrogen) atoms. The van der Waals surface area contributed by atoms with Crippen LogP contribution in [-0.4, -0.2) is 40.9 Å². The van der Waals surface area contributed by atoms with E-state index in [1.165, 1.54) is 20.8 Å². The molecule has 0 radical (unpaired) electrons. The van der Waals surface area contributed by atoms with Crippen molar-refractivity contribution in [3.63, 3.8) is 0 Å². The van der Waals surface area contributed by atoms with Gasteiger partial charge in [0.05, 0.1) is 9.67 Å². The topological polar surface area (TPSA) is 141 Å². The lowest BCUT2D eigenvalue weighted by Crippen LogP contribution is -2.38. The first kappa shape index (κ1) is 16.1. The summed E-state index contributed by atoms with van der Waals surface area (Å²) >= 11 is 0. The Bertz CT molecular complexity index is 641. The van der Waals surface area contributed by atoms with Crippen LogP contribution in [0.2, 0.25) is 0 Å². The summed E-state index contributed by atoms with van der Waals surface area (Å²) in [6.45, 7) is 4.42. The number of nitrogens with one attached hydrogen (secondary N) is 1. The molecule has 1 aromatic rings. The summed E-state index contributed by atoms with van der Waals surface area (Å²) in [5.41, 5.74) is 5.25. The molecule has 0 fully saturated rings. The average molecular weight is 303 g/mol. The molecular formula is C10H17N5O4S. The predicted molar refractivity (Wildman–Crippen MR) is 75.2 cm³/mol. The van der Waals surface area contributed by atoms with E-state index >= 15 is 0 Å². The molecule has 0 aliphatic carbocycles. The van der Waals surface area contributed by atoms with Gasteiger partial charge in [-0.05, 0) is 20.8 Å². The predicted octanol–water partition coefficient (Wildman–Crippen LogP) is 0.511. The average Bonchev–Trinajstić information content (AvgIpc) is 2.23. The van der Waals surface area contributed by atoms with Gasteiger partial charge in [-0.1, -0.05) is 0 Å². The van der Waals surface area contributed by atoms with Crippen LogP contribution in [0.15, 0.2) is 0 Å². The van der Waals surface area contributed by atoms with Crippen molar-refractivity contribution >= 4 is 27.3 Å². The minimum atomic E-state index is -3.33. The number of nitrogen functional groups attached to an aromatic ring is 1. The molecule has 1 heterocycles. The van der Waals surface area contributed by atoms with E-state index in [1.54, 1.807) is 0 Å². The smallest absolute Gasteiger partial charge is 0.332 e. The van der Waals surface area contributed by atoms with Gasteiger partial charge in [0.1, 0.15) is 5.69 Å². The van der Waals surface area contributed by atoms with Crippen molar-refractivity contribution in [3.05, 3.63) is 15.8 Å². The molecule has 0 amide bonds. The number of hydrogen-bond acceptors (Lipinski definition) is 8. The Hall–Kier alpha value is -1.97. The van der Waals surface area contributed by atoms with Gasteiger partial charge in [0.25, 0.3) is 0 Å². The van der Waals surface area contributed by atoms with Crippen LogP contribution in [0.25, 0.3) is 0 Å². The minimum absolute atomic E-state index is 0.0391. The summed E-state index contributed by atoms with van der Waals surface area (Å²) in [7, 11) is -3.33. The third-order valence-electron chi connectivity index (χ3n) is 2.94. The lowest BCUT2D eigenvalue weighted by atomic mass is 10.2. The van der Waals surface area contributed by atoms with Gasteiger partial charge in [0, 0.05) is 12.8 Å². The first-order chi connectivity index (χ1) is 8.95. The zero-order valence-corrected chi connectivity index (χ0v) is 12.5. The van der Waals surface area contributed by atoms with E-state index in [-0.39, 0.29) is 29.7 Å². The Morgan fingerprint density at radius 2 is 1.95 bits per heavy atom. The molecular weight excluding hydrogens is 286 g/mol. The fraction of sp³-hybridized carbons (Fsp3) is 0.600. The van der Waals surface area contributed by atoms with Gasteiger partial charge in [0.15, 0.2) is 9.84 Å². The number of aryl methyl sites for hydroxylation is 1. The van der Waals surface area contributed by atoms with Gasteiger partial charge < -0.3 is 11.1 Å². The van der Waals surface area contributed by atoms with E-state index in [2.05, 4.69) is 15.3 Å². The molecule has 0 atom stereocenters. The number of rotatable bonds is 5. The fourth-order valence-electron chi connectivity index (χ4n) is 1.36. The van der Waals surface area contributed by atoms with Gasteiger partial charge in [-0.2, -0.15) is 4.98 Å². The number of hydrogen-bond donors (Lipinski definition) is 2. The summed E-state index contributed by atoms with van der Waals surface area (Å²) in [4.78, 5) is 17.8. The molecule has 3 N–H and O–H groups in total. The van der Waals surface area contributed by atoms with Crippen LogP contribution in [0.3, 0.4) is 0 Å². The van der Waals surface area contributed by atoms with Crippen molar-refractivity contribution in [2.75, 3.05) is 23.9 Å². The largest absolute Gasteiger partial charge is 0.368 e. The van der Waals surface area contributed by atoms with Crippen LogP contribution in [-0.2, 0) is 9.84 Å². The molecule has 0 aliphatic rings. The Kier molecular flexibility index (Phi) is 4.18. The SMILES string of the molecule is Cc1nc(N)nc(NCC(C)(C)S(C)(=O)=O)c1[N+](=O)[O-]. The molecule has 10 heteroatoms. The lowest BCUT2D eigenvalue weighted by molar-refractivity contribution is -0.385. The standard InChI is InChI=1S/C10H17N5O4S/c1-6-7(15(16)17)8(14-9(11)13-6)12-5-10(2,3)20(4,18)19/h5H2,1-4H3,(H3,11,12,13,14). The fourth-order valence-corrected chi connectivity index (χ4v) is 1.69. The van der Waals surface area contributed by atoms with Crippen LogP contribution in [0.5, 0.6) is 0 Å². The molecule has 1 aromatic heterocycles. The summed E-state index contributed by atoms with van der Waals surface area (Å²) in [6.07, 6.45) is 1.10. The minimum Gasteiger partial charge on any atom is -0.368 e. The summed E-state index contributed by atoms with van der Waals surface area (Å²) < 4.78 is 22.1. The molecule has 112 valence electrons. The molecule has 0 saturated carbocycles. The number of anilines is 2. The summed E-state index contributed by atoms with van der Waals surface area (Å²) in [5.74, 6) is -0.204. The number of nitro groups is 1. The highest BCUT2D eigenvalue weighted by Gasteiger charge is 2.31. The van der Waals surface area contributed by atoms with Crippen LogP contribution < -0.4 is 11.1 Å². The van der Waals surface area contributed by atoms with E-state index in [0.29, 0.717) is 0 Å². The molecule has 0 spiro atoms. The highest BCUT2D eigenvalue weighted by molar-refractivity contribution is 7.92. The monoisotopic (exact) mass is 303 g/mol. The van der Waals surface area contributed by atoms with Crippen molar-refractivity contribution in [2.24, 2.45) is 0 Å². The first-order valence-electron chi connectivity index (χ1n) is 5.67. The molecule has 0 unspecified atom stereocenters. The number of aromatic nitrogens is 2. The van der Waals surface area contributed by atoms with E-state index < -0.39 is 19.5 Å². The maximum Gasteiger partial charge on any atom is 0.332 e.